The Bertz CT molecular complexity index is 1030. The smallest absolute Gasteiger partial charge is 0.231 e. The molecule has 0 amide bonds. The molecule has 2 aliphatic rings. The summed E-state index contributed by atoms with van der Waals surface area (Å²) in [4.78, 5) is 13.1. The average Bonchev–Trinajstić information content (AvgIpc) is 3.26. The molecule has 32 heavy (non-hydrogen) atoms. The number of benzene rings is 2. The fourth-order valence-electron chi connectivity index (χ4n) is 4.63. The summed E-state index contributed by atoms with van der Waals surface area (Å²) >= 11 is 0. The van der Waals surface area contributed by atoms with E-state index in [9.17, 15) is 15.3 Å². The van der Waals surface area contributed by atoms with Gasteiger partial charge in [-0.25, -0.2) is 0 Å². The first-order valence-electron chi connectivity index (χ1n) is 10.2. The van der Waals surface area contributed by atoms with Crippen molar-refractivity contribution in [1.82, 2.24) is 0 Å². The molecule has 2 aromatic rings. The molecule has 1 N–H and O–H groups in total. The Balaban J connectivity index is 0.00000289. The fraction of sp³-hybridized carbons (Fsp3) is 0.375. The first kappa shape index (κ1) is 24.7. The molecule has 1 aliphatic heterocycles. The third-order valence-electron chi connectivity index (χ3n) is 6.13. The monoisotopic (exact) mass is 512 g/mol. The molecular formula is C24H25NO6Y-2. The standard InChI is InChI=1S/C24H25NO6.Y/c1-5-17(27)21-12(2)23(25)16-9-19-18(30-11-31-19)8-15(16)22(21)13-6-14(10-26)24(29-4)20(7-13)28-3;/h6-9,12,21-22,26H,2,5,10-11H2,1,3-4H3;/q-2;/t12-,21+,22+;/m0./s1. The minimum Gasteiger partial charge on any atom is -0.809 e. The van der Waals surface area contributed by atoms with Gasteiger partial charge in [0.1, 0.15) is 5.78 Å². The molecule has 167 valence electrons. The van der Waals surface area contributed by atoms with Gasteiger partial charge in [-0.05, 0) is 41.0 Å². The zero-order valence-corrected chi connectivity index (χ0v) is 21.2. The zero-order valence-electron chi connectivity index (χ0n) is 18.4. The summed E-state index contributed by atoms with van der Waals surface area (Å²) in [5, 5.41) is 20.9. The molecule has 1 heterocycles. The molecule has 2 aromatic carbocycles. The quantitative estimate of drug-likeness (QED) is 0.596. The maximum Gasteiger partial charge on any atom is 0.231 e. The van der Waals surface area contributed by atoms with Crippen molar-refractivity contribution >= 4 is 11.5 Å². The fourth-order valence-corrected chi connectivity index (χ4v) is 4.63. The maximum absolute atomic E-state index is 13.1. The molecule has 1 radical (unpaired) electrons. The second kappa shape index (κ2) is 9.90. The maximum atomic E-state index is 13.1. The summed E-state index contributed by atoms with van der Waals surface area (Å²) in [5.41, 5.74) is 2.68. The average molecular weight is 512 g/mol. The molecule has 7 nitrogen and oxygen atoms in total. The number of Topliss-reactive ketones (excluding diaryl/α,β-unsaturated/α-hetero) is 1. The third kappa shape index (κ3) is 3.95. The summed E-state index contributed by atoms with van der Waals surface area (Å²) in [6, 6.07) is 7.17. The predicted molar refractivity (Wildman–Crippen MR) is 115 cm³/mol. The minimum atomic E-state index is -0.643. The number of rotatable bonds is 6. The summed E-state index contributed by atoms with van der Waals surface area (Å²) in [6.45, 7) is 5.77. The van der Waals surface area contributed by atoms with Crippen LogP contribution in [-0.2, 0) is 44.1 Å². The van der Waals surface area contributed by atoms with Crippen LogP contribution < -0.4 is 18.9 Å². The summed E-state index contributed by atoms with van der Waals surface area (Å²) in [7, 11) is 3.03. The summed E-state index contributed by atoms with van der Waals surface area (Å²) in [5.74, 6) is 0.312. The normalized spacial score (nSPS) is 20.9. The zero-order chi connectivity index (χ0) is 22.3. The first-order valence-corrected chi connectivity index (χ1v) is 10.2. The van der Waals surface area contributed by atoms with Crippen molar-refractivity contribution in [3.63, 3.8) is 0 Å². The van der Waals surface area contributed by atoms with Gasteiger partial charge >= 0.3 is 0 Å². The number of methoxy groups -OCH3 is 2. The van der Waals surface area contributed by atoms with Crippen molar-refractivity contribution < 1.29 is 61.6 Å². The second-order valence-electron chi connectivity index (χ2n) is 7.68. The number of ether oxygens (including phenoxy) is 4. The van der Waals surface area contributed by atoms with Crippen LogP contribution >= 0.6 is 0 Å². The molecule has 3 atom stereocenters. The molecule has 0 spiro atoms. The van der Waals surface area contributed by atoms with Gasteiger partial charge in [0, 0.05) is 56.5 Å². The Morgan fingerprint density at radius 3 is 2.47 bits per heavy atom. The molecule has 0 saturated heterocycles. The Morgan fingerprint density at radius 1 is 1.19 bits per heavy atom. The van der Waals surface area contributed by atoms with Crippen molar-refractivity contribution in [3.05, 3.63) is 58.9 Å². The van der Waals surface area contributed by atoms with Gasteiger partial charge in [0.05, 0.1) is 20.8 Å². The number of aliphatic hydroxyl groups is 1. The van der Waals surface area contributed by atoms with Crippen LogP contribution in [0.1, 0.15) is 41.5 Å². The van der Waals surface area contributed by atoms with Crippen molar-refractivity contribution in [1.29, 1.82) is 0 Å². The van der Waals surface area contributed by atoms with Gasteiger partial charge in [-0.15, -0.1) is 0 Å². The van der Waals surface area contributed by atoms with Crippen LogP contribution in [0.5, 0.6) is 23.0 Å². The summed E-state index contributed by atoms with van der Waals surface area (Å²) in [6.07, 6.45) is 0.306. The van der Waals surface area contributed by atoms with E-state index in [0.717, 1.165) is 11.1 Å². The van der Waals surface area contributed by atoms with E-state index >= 15 is 0 Å². The molecule has 0 aromatic heterocycles. The third-order valence-corrected chi connectivity index (χ3v) is 6.13. The van der Waals surface area contributed by atoms with Crippen molar-refractivity contribution in [3.8, 4) is 23.0 Å². The van der Waals surface area contributed by atoms with E-state index in [1.54, 1.807) is 13.0 Å². The Labute approximate surface area is 212 Å². The van der Waals surface area contributed by atoms with E-state index in [-0.39, 0.29) is 57.6 Å². The van der Waals surface area contributed by atoms with E-state index < -0.39 is 17.8 Å². The van der Waals surface area contributed by atoms with Gasteiger partial charge in [0.2, 0.25) is 6.79 Å². The van der Waals surface area contributed by atoms with Crippen molar-refractivity contribution in [2.45, 2.75) is 25.9 Å². The van der Waals surface area contributed by atoms with Crippen LogP contribution in [0.25, 0.3) is 5.41 Å². The number of aliphatic hydroxyl groups excluding tert-OH is 1. The number of ketones is 1. The Kier molecular flexibility index (Phi) is 7.63. The first-order chi connectivity index (χ1) is 14.9. The van der Waals surface area contributed by atoms with Crippen LogP contribution in [0.2, 0.25) is 0 Å². The van der Waals surface area contributed by atoms with Crippen molar-refractivity contribution in [2.75, 3.05) is 21.0 Å². The molecule has 0 unspecified atom stereocenters. The van der Waals surface area contributed by atoms with Gasteiger partial charge in [0.25, 0.3) is 0 Å². The van der Waals surface area contributed by atoms with E-state index in [1.165, 1.54) is 14.2 Å². The van der Waals surface area contributed by atoms with E-state index in [0.29, 0.717) is 40.5 Å². The number of hydrogen-bond donors (Lipinski definition) is 1. The Morgan fingerprint density at radius 2 is 1.88 bits per heavy atom. The minimum absolute atomic E-state index is 0. The topological polar surface area (TPSA) is 96.5 Å². The van der Waals surface area contributed by atoms with E-state index in [2.05, 4.69) is 6.92 Å². The van der Waals surface area contributed by atoms with Gasteiger partial charge in [0.15, 0.2) is 23.0 Å². The van der Waals surface area contributed by atoms with Crippen LogP contribution in [0.15, 0.2) is 24.3 Å². The van der Waals surface area contributed by atoms with Crippen molar-refractivity contribution in [2.24, 2.45) is 11.8 Å². The van der Waals surface area contributed by atoms with Crippen LogP contribution in [0, 0.1) is 18.8 Å². The van der Waals surface area contributed by atoms with Crippen LogP contribution in [-0.4, -0.2) is 37.6 Å². The molecule has 4 rings (SSSR count). The second-order valence-corrected chi connectivity index (χ2v) is 7.68. The van der Waals surface area contributed by atoms with E-state index in [1.807, 2.05) is 18.2 Å². The predicted octanol–water partition coefficient (Wildman–Crippen LogP) is 3.47. The molecular weight excluding hydrogens is 487 g/mol. The van der Waals surface area contributed by atoms with Crippen LogP contribution in [0.3, 0.4) is 0 Å². The molecule has 1 aliphatic carbocycles. The number of fused-ring (bicyclic) bond motifs is 2. The molecule has 8 heteroatoms. The molecule has 0 bridgehead atoms. The molecule has 0 fully saturated rings. The number of nitrogens with zero attached hydrogens (tertiary/aromatic N) is 1. The number of carbonyl (C=O) groups excluding carboxylic acids is 1. The SMILES string of the molecule is [CH2-][C@@H]1C(=[N-])c2cc3c(cc2[C@@H](c2cc(CO)c(OC)c(OC)c2)[C@H]1C(=O)CC)OCO3.[Y]. The van der Waals surface area contributed by atoms with Gasteiger partial charge in [-0.1, -0.05) is 6.92 Å². The van der Waals surface area contributed by atoms with Crippen LogP contribution in [0.4, 0.5) is 0 Å². The molecule has 0 saturated carbocycles. The van der Waals surface area contributed by atoms with Gasteiger partial charge < -0.3 is 36.4 Å². The number of carbonyl (C=O) groups is 1. The van der Waals surface area contributed by atoms with E-state index in [4.69, 9.17) is 18.9 Å². The summed E-state index contributed by atoms with van der Waals surface area (Å²) < 4.78 is 22.0. The largest absolute Gasteiger partial charge is 0.809 e. The van der Waals surface area contributed by atoms with Gasteiger partial charge in [-0.2, -0.15) is 11.6 Å². The van der Waals surface area contributed by atoms with Gasteiger partial charge in [-0.3, -0.25) is 4.79 Å². The Hall–Kier alpha value is -1.96. The number of hydrogen-bond acceptors (Lipinski definition) is 6.